The number of sulfonamides is 1. The second-order valence-corrected chi connectivity index (χ2v) is 8.95. The lowest BCUT2D eigenvalue weighted by atomic mass is 9.87. The van der Waals surface area contributed by atoms with Crippen molar-refractivity contribution in [1.82, 2.24) is 9.21 Å². The molecule has 2 aliphatic rings. The molecule has 1 unspecified atom stereocenters. The van der Waals surface area contributed by atoms with Gasteiger partial charge in [-0.1, -0.05) is 19.1 Å². The van der Waals surface area contributed by atoms with Gasteiger partial charge in [0.15, 0.2) is 0 Å². The average Bonchev–Trinajstić information content (AvgIpc) is 2.97. The molecule has 1 spiro atoms. The maximum Gasteiger partial charge on any atom is 0.253 e. The van der Waals surface area contributed by atoms with Crippen LogP contribution in [0.4, 0.5) is 0 Å². The van der Waals surface area contributed by atoms with Gasteiger partial charge in [0, 0.05) is 25.2 Å². The fraction of sp³-hybridized carbons (Fsp3) is 0.611. The van der Waals surface area contributed by atoms with E-state index in [0.717, 1.165) is 32.1 Å². The molecular weight excluding hydrogens is 324 g/mol. The summed E-state index contributed by atoms with van der Waals surface area (Å²) in [6.07, 6.45) is 5.65. The first-order valence-electron chi connectivity index (χ1n) is 8.72. The van der Waals surface area contributed by atoms with Crippen LogP contribution in [0.5, 0.6) is 0 Å². The summed E-state index contributed by atoms with van der Waals surface area (Å²) in [6.45, 7) is 3.87. The minimum atomic E-state index is -3.24. The minimum Gasteiger partial charge on any atom is -0.337 e. The average molecular weight is 350 g/mol. The lowest BCUT2D eigenvalue weighted by Gasteiger charge is -2.44. The van der Waals surface area contributed by atoms with E-state index in [1.165, 1.54) is 11.8 Å². The summed E-state index contributed by atoms with van der Waals surface area (Å²) in [6, 6.07) is 7.74. The van der Waals surface area contributed by atoms with Crippen molar-refractivity contribution in [2.45, 2.75) is 44.6 Å². The Labute approximate surface area is 144 Å². The summed E-state index contributed by atoms with van der Waals surface area (Å²) in [5, 5.41) is 0. The zero-order chi connectivity index (χ0) is 17.4. The summed E-state index contributed by atoms with van der Waals surface area (Å²) in [5.74, 6) is 0.0112. The number of piperidine rings is 1. The number of carbonyl (C=O) groups excluding carboxylic acids is 1. The summed E-state index contributed by atoms with van der Waals surface area (Å²) in [7, 11) is -3.24. The van der Waals surface area contributed by atoms with Gasteiger partial charge in [0.2, 0.25) is 10.0 Å². The second kappa shape index (κ2) is 6.48. The lowest BCUT2D eigenvalue weighted by molar-refractivity contribution is 0.0524. The molecule has 0 radical (unpaired) electrons. The normalized spacial score (nSPS) is 25.3. The predicted octanol–water partition coefficient (Wildman–Crippen LogP) is 2.28. The van der Waals surface area contributed by atoms with Crippen molar-refractivity contribution in [1.29, 1.82) is 0 Å². The van der Waals surface area contributed by atoms with Crippen LogP contribution in [0.1, 0.15) is 48.5 Å². The molecule has 1 amide bonds. The van der Waals surface area contributed by atoms with E-state index in [1.54, 1.807) is 4.31 Å². The highest BCUT2D eigenvalue weighted by Gasteiger charge is 2.48. The molecule has 2 saturated heterocycles. The van der Waals surface area contributed by atoms with Gasteiger partial charge in [-0.3, -0.25) is 4.79 Å². The summed E-state index contributed by atoms with van der Waals surface area (Å²) in [4.78, 5) is 14.7. The van der Waals surface area contributed by atoms with Crippen LogP contribution in [0, 0.1) is 0 Å². The Kier molecular flexibility index (Phi) is 4.71. The van der Waals surface area contributed by atoms with Crippen molar-refractivity contribution in [3.05, 3.63) is 35.4 Å². The fourth-order valence-electron chi connectivity index (χ4n) is 4.19. The Morgan fingerprint density at radius 3 is 2.33 bits per heavy atom. The van der Waals surface area contributed by atoms with Crippen LogP contribution in [0.15, 0.2) is 24.3 Å². The number of amides is 1. The van der Waals surface area contributed by atoms with Crippen molar-refractivity contribution in [3.63, 3.8) is 0 Å². The van der Waals surface area contributed by atoms with E-state index in [9.17, 15) is 13.2 Å². The molecule has 2 heterocycles. The summed E-state index contributed by atoms with van der Waals surface area (Å²) < 4.78 is 25.9. The van der Waals surface area contributed by atoms with E-state index < -0.39 is 15.6 Å². The maximum absolute atomic E-state index is 12.9. The van der Waals surface area contributed by atoms with Crippen LogP contribution >= 0.6 is 0 Å². The molecule has 132 valence electrons. The highest BCUT2D eigenvalue weighted by Crippen LogP contribution is 2.39. The van der Waals surface area contributed by atoms with Crippen LogP contribution in [-0.2, 0) is 16.4 Å². The van der Waals surface area contributed by atoms with E-state index in [1.807, 2.05) is 29.2 Å². The number of likely N-dealkylation sites (tertiary alicyclic amines) is 1. The van der Waals surface area contributed by atoms with E-state index in [-0.39, 0.29) is 5.91 Å². The third-order valence-corrected chi connectivity index (χ3v) is 6.75. The SMILES string of the molecule is CCc1ccc(C(=O)N2CCCC3(CCCN3S(C)(=O)=O)C2)cc1. The van der Waals surface area contributed by atoms with Crippen LogP contribution in [-0.4, -0.2) is 55.0 Å². The molecule has 6 heteroatoms. The summed E-state index contributed by atoms with van der Waals surface area (Å²) >= 11 is 0. The molecule has 0 aromatic heterocycles. The van der Waals surface area contributed by atoms with Gasteiger partial charge < -0.3 is 4.90 Å². The molecule has 0 bridgehead atoms. The molecule has 2 fully saturated rings. The van der Waals surface area contributed by atoms with Gasteiger partial charge in [-0.05, 0) is 49.8 Å². The van der Waals surface area contributed by atoms with Crippen molar-refractivity contribution in [3.8, 4) is 0 Å². The largest absolute Gasteiger partial charge is 0.337 e. The van der Waals surface area contributed by atoms with Gasteiger partial charge in [0.1, 0.15) is 0 Å². The van der Waals surface area contributed by atoms with Gasteiger partial charge in [0.25, 0.3) is 5.91 Å². The number of nitrogens with zero attached hydrogens (tertiary/aromatic N) is 2. The molecule has 0 saturated carbocycles. The molecule has 5 nitrogen and oxygen atoms in total. The molecule has 0 aliphatic carbocycles. The number of hydrogen-bond acceptors (Lipinski definition) is 3. The Morgan fingerprint density at radius 1 is 1.12 bits per heavy atom. The third-order valence-electron chi connectivity index (χ3n) is 5.38. The zero-order valence-electron chi connectivity index (χ0n) is 14.5. The first-order chi connectivity index (χ1) is 11.4. The molecule has 3 rings (SSSR count). The smallest absolute Gasteiger partial charge is 0.253 e. The van der Waals surface area contributed by atoms with Gasteiger partial charge in [-0.15, -0.1) is 0 Å². The van der Waals surface area contributed by atoms with Gasteiger partial charge >= 0.3 is 0 Å². The van der Waals surface area contributed by atoms with Gasteiger partial charge in [-0.25, -0.2) is 8.42 Å². The monoisotopic (exact) mass is 350 g/mol. The number of aryl methyl sites for hydroxylation is 1. The van der Waals surface area contributed by atoms with E-state index in [4.69, 9.17) is 0 Å². The topological polar surface area (TPSA) is 57.7 Å². The van der Waals surface area contributed by atoms with Crippen LogP contribution < -0.4 is 0 Å². The highest BCUT2D eigenvalue weighted by atomic mass is 32.2. The van der Waals surface area contributed by atoms with Gasteiger partial charge in [-0.2, -0.15) is 4.31 Å². The van der Waals surface area contributed by atoms with Crippen LogP contribution in [0.25, 0.3) is 0 Å². The van der Waals surface area contributed by atoms with Crippen molar-refractivity contribution in [2.75, 3.05) is 25.9 Å². The van der Waals surface area contributed by atoms with E-state index >= 15 is 0 Å². The molecule has 1 atom stereocenters. The first-order valence-corrected chi connectivity index (χ1v) is 10.6. The van der Waals surface area contributed by atoms with Crippen LogP contribution in [0.2, 0.25) is 0 Å². The Morgan fingerprint density at radius 2 is 1.75 bits per heavy atom. The van der Waals surface area contributed by atoms with Crippen LogP contribution in [0.3, 0.4) is 0 Å². The number of benzene rings is 1. The second-order valence-electron chi connectivity index (χ2n) is 7.04. The lowest BCUT2D eigenvalue weighted by Crippen LogP contribution is -2.58. The summed E-state index contributed by atoms with van der Waals surface area (Å²) in [5.41, 5.74) is 1.50. The minimum absolute atomic E-state index is 0.0112. The zero-order valence-corrected chi connectivity index (χ0v) is 15.3. The number of carbonyl (C=O) groups is 1. The number of hydrogen-bond donors (Lipinski definition) is 0. The maximum atomic E-state index is 12.9. The van der Waals surface area contributed by atoms with Crippen molar-refractivity contribution < 1.29 is 13.2 Å². The standard InChI is InChI=1S/C18H26N2O3S/c1-3-15-6-8-16(9-7-15)17(21)19-12-4-10-18(14-19)11-5-13-20(18)24(2,22)23/h6-9H,3-5,10-14H2,1-2H3. The van der Waals surface area contributed by atoms with Crippen molar-refractivity contribution >= 4 is 15.9 Å². The predicted molar refractivity (Wildman–Crippen MR) is 94.5 cm³/mol. The Hall–Kier alpha value is -1.40. The van der Waals surface area contributed by atoms with Crippen molar-refractivity contribution in [2.24, 2.45) is 0 Å². The molecule has 24 heavy (non-hydrogen) atoms. The Bertz CT molecular complexity index is 714. The molecule has 1 aromatic rings. The van der Waals surface area contributed by atoms with E-state index in [0.29, 0.717) is 25.2 Å². The highest BCUT2D eigenvalue weighted by molar-refractivity contribution is 7.88. The third kappa shape index (κ3) is 3.22. The van der Waals surface area contributed by atoms with E-state index in [2.05, 4.69) is 6.92 Å². The Balaban J connectivity index is 1.81. The fourth-order valence-corrected chi connectivity index (χ4v) is 5.59. The number of rotatable bonds is 3. The quantitative estimate of drug-likeness (QED) is 0.840. The molecule has 2 aliphatic heterocycles. The first kappa shape index (κ1) is 17.4. The molecule has 0 N–H and O–H groups in total. The van der Waals surface area contributed by atoms with Gasteiger partial charge in [0.05, 0.1) is 11.8 Å². The molecule has 1 aromatic carbocycles. The molecular formula is C18H26N2O3S.